The average Bonchev–Trinajstić information content (AvgIpc) is 2.15. The van der Waals surface area contributed by atoms with Gasteiger partial charge in [-0.05, 0) is 25.7 Å². The van der Waals surface area contributed by atoms with Crippen LogP contribution in [-0.4, -0.2) is 19.3 Å². The van der Waals surface area contributed by atoms with E-state index in [1.807, 2.05) is 0 Å². The Labute approximate surface area is 56.4 Å². The van der Waals surface area contributed by atoms with E-state index in [4.69, 9.17) is 10.5 Å². The van der Waals surface area contributed by atoms with Crippen LogP contribution in [0.4, 0.5) is 0 Å². The van der Waals surface area contributed by atoms with Crippen molar-refractivity contribution in [1.29, 1.82) is 0 Å². The third-order valence-electron chi connectivity index (χ3n) is 1.73. The first-order chi connectivity index (χ1) is 4.29. The van der Waals surface area contributed by atoms with Gasteiger partial charge < -0.3 is 10.5 Å². The lowest BCUT2D eigenvalue weighted by Crippen LogP contribution is -2.19. The largest absolute Gasteiger partial charge is 0.381 e. The van der Waals surface area contributed by atoms with E-state index in [1.165, 1.54) is 6.42 Å². The van der Waals surface area contributed by atoms with Crippen molar-refractivity contribution in [2.45, 2.75) is 25.8 Å². The molecule has 0 aromatic rings. The minimum atomic E-state index is 0.344. The summed E-state index contributed by atoms with van der Waals surface area (Å²) in [5.74, 6) is 0.741. The van der Waals surface area contributed by atoms with Gasteiger partial charge in [-0.2, -0.15) is 0 Å². The molecule has 1 aliphatic heterocycles. The molecule has 0 bridgehead atoms. The van der Waals surface area contributed by atoms with Crippen LogP contribution in [0.1, 0.15) is 19.8 Å². The third-order valence-corrected chi connectivity index (χ3v) is 1.73. The predicted molar refractivity (Wildman–Crippen MR) is 37.2 cm³/mol. The molecule has 2 heteroatoms. The molecule has 1 heterocycles. The molecule has 0 aromatic carbocycles. The van der Waals surface area contributed by atoms with Crippen molar-refractivity contribution in [2.75, 3.05) is 13.2 Å². The fourth-order valence-electron chi connectivity index (χ4n) is 1.30. The molecule has 0 aliphatic carbocycles. The van der Waals surface area contributed by atoms with Crippen LogP contribution in [-0.2, 0) is 4.74 Å². The maximum absolute atomic E-state index is 5.62. The first-order valence-electron chi connectivity index (χ1n) is 3.62. The molecule has 1 rings (SSSR count). The van der Waals surface area contributed by atoms with Gasteiger partial charge in [-0.1, -0.05) is 0 Å². The Hall–Kier alpha value is -0.0800. The van der Waals surface area contributed by atoms with Gasteiger partial charge in [0.2, 0.25) is 0 Å². The minimum absolute atomic E-state index is 0.344. The zero-order chi connectivity index (χ0) is 6.69. The molecule has 2 atom stereocenters. The highest BCUT2D eigenvalue weighted by molar-refractivity contribution is 4.68. The molecule has 9 heavy (non-hydrogen) atoms. The zero-order valence-corrected chi connectivity index (χ0v) is 5.97. The van der Waals surface area contributed by atoms with Gasteiger partial charge in [0.05, 0.1) is 0 Å². The van der Waals surface area contributed by atoms with Crippen molar-refractivity contribution in [3.05, 3.63) is 0 Å². The lowest BCUT2D eigenvalue weighted by atomic mass is 10.0. The molecule has 0 saturated carbocycles. The predicted octanol–water partition coefficient (Wildman–Crippen LogP) is 0.760. The second kappa shape index (κ2) is 3.18. The normalized spacial score (nSPS) is 30.7. The van der Waals surface area contributed by atoms with Gasteiger partial charge >= 0.3 is 0 Å². The van der Waals surface area contributed by atoms with Crippen LogP contribution >= 0.6 is 0 Å². The summed E-state index contributed by atoms with van der Waals surface area (Å²) in [5, 5.41) is 0. The summed E-state index contributed by atoms with van der Waals surface area (Å²) in [6.07, 6.45) is 2.33. The summed E-state index contributed by atoms with van der Waals surface area (Å²) >= 11 is 0. The van der Waals surface area contributed by atoms with Crippen molar-refractivity contribution < 1.29 is 4.74 Å². The number of ether oxygens (including phenoxy) is 1. The Kier molecular flexibility index (Phi) is 2.49. The number of rotatable bonds is 2. The van der Waals surface area contributed by atoms with Gasteiger partial charge in [0.15, 0.2) is 0 Å². The number of hydrogen-bond donors (Lipinski definition) is 1. The van der Waals surface area contributed by atoms with Crippen molar-refractivity contribution >= 4 is 0 Å². The highest BCUT2D eigenvalue weighted by Crippen LogP contribution is 2.16. The van der Waals surface area contributed by atoms with Crippen molar-refractivity contribution in [3.8, 4) is 0 Å². The molecular formula is C7H15NO. The Morgan fingerprint density at radius 1 is 1.78 bits per heavy atom. The average molecular weight is 129 g/mol. The molecule has 0 unspecified atom stereocenters. The van der Waals surface area contributed by atoms with Crippen molar-refractivity contribution in [3.63, 3.8) is 0 Å². The number of hydrogen-bond acceptors (Lipinski definition) is 2. The van der Waals surface area contributed by atoms with Crippen LogP contribution in [0.2, 0.25) is 0 Å². The second-order valence-electron chi connectivity index (χ2n) is 2.94. The van der Waals surface area contributed by atoms with Crippen molar-refractivity contribution in [2.24, 2.45) is 11.7 Å². The van der Waals surface area contributed by atoms with Crippen LogP contribution < -0.4 is 5.73 Å². The zero-order valence-electron chi connectivity index (χ0n) is 5.97. The first-order valence-corrected chi connectivity index (χ1v) is 3.62. The number of nitrogens with two attached hydrogens (primary N) is 1. The SMILES string of the molecule is C[C@@H](N)C[C@H]1CCOC1. The monoisotopic (exact) mass is 129 g/mol. The summed E-state index contributed by atoms with van der Waals surface area (Å²) in [6, 6.07) is 0.344. The highest BCUT2D eigenvalue weighted by atomic mass is 16.5. The van der Waals surface area contributed by atoms with Gasteiger partial charge in [0.25, 0.3) is 0 Å². The van der Waals surface area contributed by atoms with Crippen LogP contribution in [0, 0.1) is 5.92 Å². The molecule has 1 aliphatic rings. The molecule has 2 N–H and O–H groups in total. The Balaban J connectivity index is 2.11. The van der Waals surface area contributed by atoms with Crippen LogP contribution in [0.3, 0.4) is 0 Å². The fraction of sp³-hybridized carbons (Fsp3) is 1.00. The maximum atomic E-state index is 5.62. The molecule has 2 nitrogen and oxygen atoms in total. The Morgan fingerprint density at radius 2 is 2.56 bits per heavy atom. The molecule has 0 spiro atoms. The van der Waals surface area contributed by atoms with Gasteiger partial charge in [0.1, 0.15) is 0 Å². The van der Waals surface area contributed by atoms with E-state index in [-0.39, 0.29) is 0 Å². The lowest BCUT2D eigenvalue weighted by Gasteiger charge is -2.08. The third kappa shape index (κ3) is 2.33. The highest BCUT2D eigenvalue weighted by Gasteiger charge is 2.16. The molecule has 54 valence electrons. The van der Waals surface area contributed by atoms with E-state index in [0.717, 1.165) is 25.6 Å². The van der Waals surface area contributed by atoms with E-state index < -0.39 is 0 Å². The van der Waals surface area contributed by atoms with Gasteiger partial charge in [0, 0.05) is 19.3 Å². The molecule has 0 aromatic heterocycles. The van der Waals surface area contributed by atoms with Crippen LogP contribution in [0.25, 0.3) is 0 Å². The van der Waals surface area contributed by atoms with E-state index in [9.17, 15) is 0 Å². The molecule has 0 amide bonds. The molecule has 1 saturated heterocycles. The summed E-state index contributed by atoms with van der Waals surface area (Å²) in [4.78, 5) is 0. The van der Waals surface area contributed by atoms with E-state index in [1.54, 1.807) is 0 Å². The second-order valence-corrected chi connectivity index (χ2v) is 2.94. The summed E-state index contributed by atoms with van der Waals surface area (Å²) in [5.41, 5.74) is 5.62. The quantitative estimate of drug-likeness (QED) is 0.597. The molecular weight excluding hydrogens is 114 g/mol. The molecule has 1 fully saturated rings. The van der Waals surface area contributed by atoms with E-state index >= 15 is 0 Å². The van der Waals surface area contributed by atoms with Crippen molar-refractivity contribution in [1.82, 2.24) is 0 Å². The van der Waals surface area contributed by atoms with Gasteiger partial charge in [-0.15, -0.1) is 0 Å². The smallest absolute Gasteiger partial charge is 0.0495 e. The fourth-order valence-corrected chi connectivity index (χ4v) is 1.30. The Bertz CT molecular complexity index is 77.0. The Morgan fingerprint density at radius 3 is 3.00 bits per heavy atom. The molecule has 0 radical (unpaired) electrons. The first kappa shape index (κ1) is 7.03. The van der Waals surface area contributed by atoms with E-state index in [0.29, 0.717) is 6.04 Å². The lowest BCUT2D eigenvalue weighted by molar-refractivity contribution is 0.183. The summed E-state index contributed by atoms with van der Waals surface area (Å²) < 4.78 is 5.20. The maximum Gasteiger partial charge on any atom is 0.0495 e. The topological polar surface area (TPSA) is 35.2 Å². The van der Waals surface area contributed by atoms with Crippen LogP contribution in [0.15, 0.2) is 0 Å². The standard InChI is InChI=1S/C7H15NO/c1-6(8)4-7-2-3-9-5-7/h6-7H,2-5,8H2,1H3/t6-,7-/m1/s1. The minimum Gasteiger partial charge on any atom is -0.381 e. The van der Waals surface area contributed by atoms with Crippen LogP contribution in [0.5, 0.6) is 0 Å². The van der Waals surface area contributed by atoms with E-state index in [2.05, 4.69) is 6.92 Å². The summed E-state index contributed by atoms with van der Waals surface area (Å²) in [6.45, 7) is 3.93. The van der Waals surface area contributed by atoms with Gasteiger partial charge in [-0.3, -0.25) is 0 Å². The summed E-state index contributed by atoms with van der Waals surface area (Å²) in [7, 11) is 0. The van der Waals surface area contributed by atoms with Gasteiger partial charge in [-0.25, -0.2) is 0 Å².